The van der Waals surface area contributed by atoms with Gasteiger partial charge in [0.1, 0.15) is 5.82 Å². The molecule has 1 amide bonds. The molecule has 0 saturated heterocycles. The molecule has 1 rings (SSSR count). The van der Waals surface area contributed by atoms with Gasteiger partial charge in [-0.05, 0) is 39.8 Å². The number of rotatable bonds is 7. The Morgan fingerprint density at radius 3 is 2.63 bits per heavy atom. The van der Waals surface area contributed by atoms with E-state index >= 15 is 0 Å². The molecule has 1 aromatic rings. The number of aromatic nitrogens is 1. The van der Waals surface area contributed by atoms with Crippen LogP contribution in [-0.2, 0) is 4.74 Å². The first-order valence-corrected chi connectivity index (χ1v) is 6.60. The molecule has 2 N–H and O–H groups in total. The maximum absolute atomic E-state index is 11.9. The van der Waals surface area contributed by atoms with Gasteiger partial charge < -0.3 is 15.4 Å². The second kappa shape index (κ2) is 7.09. The second-order valence-corrected chi connectivity index (χ2v) is 4.84. The molecule has 1 aromatic heterocycles. The third kappa shape index (κ3) is 5.26. The van der Waals surface area contributed by atoms with Crippen molar-refractivity contribution in [3.05, 3.63) is 23.9 Å². The molecular formula is C14H23N3O2. The Morgan fingerprint density at radius 1 is 1.37 bits per heavy atom. The Kier molecular flexibility index (Phi) is 5.76. The topological polar surface area (TPSA) is 63.2 Å². The molecule has 0 fully saturated rings. The number of ether oxygens (including phenoxy) is 1. The van der Waals surface area contributed by atoms with E-state index in [0.29, 0.717) is 18.7 Å². The lowest BCUT2D eigenvalue weighted by Crippen LogP contribution is -2.40. The lowest BCUT2D eigenvalue weighted by Gasteiger charge is -2.24. The third-order valence-corrected chi connectivity index (χ3v) is 2.59. The van der Waals surface area contributed by atoms with E-state index in [-0.39, 0.29) is 11.5 Å². The van der Waals surface area contributed by atoms with E-state index in [1.165, 1.54) is 0 Å². The SMILES string of the molecule is CCNc1ccc(C(=O)NCC(C)(C)OCC)cn1. The lowest BCUT2D eigenvalue weighted by molar-refractivity contribution is -0.00815. The van der Waals surface area contributed by atoms with E-state index in [1.807, 2.05) is 27.7 Å². The van der Waals surface area contributed by atoms with Crippen molar-refractivity contribution in [3.8, 4) is 0 Å². The Labute approximate surface area is 114 Å². The fourth-order valence-corrected chi connectivity index (χ4v) is 1.65. The number of anilines is 1. The van der Waals surface area contributed by atoms with Crippen LogP contribution in [0.25, 0.3) is 0 Å². The van der Waals surface area contributed by atoms with Crippen LogP contribution >= 0.6 is 0 Å². The first-order chi connectivity index (χ1) is 8.98. The Hall–Kier alpha value is -1.62. The molecule has 0 unspecified atom stereocenters. The van der Waals surface area contributed by atoms with Crippen molar-refractivity contribution < 1.29 is 9.53 Å². The molecule has 19 heavy (non-hydrogen) atoms. The number of hydrogen-bond acceptors (Lipinski definition) is 4. The molecule has 106 valence electrons. The smallest absolute Gasteiger partial charge is 0.252 e. The maximum atomic E-state index is 11.9. The molecular weight excluding hydrogens is 242 g/mol. The molecule has 0 aliphatic carbocycles. The van der Waals surface area contributed by atoms with Crippen LogP contribution in [0.5, 0.6) is 0 Å². The zero-order chi connectivity index (χ0) is 14.3. The van der Waals surface area contributed by atoms with Crippen LogP contribution in [0.2, 0.25) is 0 Å². The van der Waals surface area contributed by atoms with Crippen molar-refractivity contribution in [2.75, 3.05) is 25.0 Å². The van der Waals surface area contributed by atoms with E-state index in [1.54, 1.807) is 18.3 Å². The van der Waals surface area contributed by atoms with E-state index in [4.69, 9.17) is 4.74 Å². The summed E-state index contributed by atoms with van der Waals surface area (Å²) in [7, 11) is 0. The van der Waals surface area contributed by atoms with Gasteiger partial charge in [-0.1, -0.05) is 0 Å². The van der Waals surface area contributed by atoms with Gasteiger partial charge in [0, 0.05) is 25.9 Å². The van der Waals surface area contributed by atoms with Crippen molar-refractivity contribution in [1.82, 2.24) is 10.3 Å². The summed E-state index contributed by atoms with van der Waals surface area (Å²) in [5.41, 5.74) is 0.190. The van der Waals surface area contributed by atoms with Crippen LogP contribution in [0, 0.1) is 0 Å². The van der Waals surface area contributed by atoms with Crippen LogP contribution < -0.4 is 10.6 Å². The van der Waals surface area contributed by atoms with Gasteiger partial charge in [-0.3, -0.25) is 4.79 Å². The van der Waals surface area contributed by atoms with Crippen molar-refractivity contribution in [1.29, 1.82) is 0 Å². The average Bonchev–Trinajstić information content (AvgIpc) is 2.37. The summed E-state index contributed by atoms with van der Waals surface area (Å²) in [6, 6.07) is 3.56. The zero-order valence-corrected chi connectivity index (χ0v) is 12.1. The monoisotopic (exact) mass is 265 g/mol. The van der Waals surface area contributed by atoms with Crippen molar-refractivity contribution in [2.45, 2.75) is 33.3 Å². The lowest BCUT2D eigenvalue weighted by atomic mass is 10.1. The summed E-state index contributed by atoms with van der Waals surface area (Å²) in [5, 5.41) is 5.93. The summed E-state index contributed by atoms with van der Waals surface area (Å²) in [4.78, 5) is 16.1. The van der Waals surface area contributed by atoms with Crippen LogP contribution in [0.4, 0.5) is 5.82 Å². The van der Waals surface area contributed by atoms with Crippen LogP contribution in [0.3, 0.4) is 0 Å². The van der Waals surface area contributed by atoms with Gasteiger partial charge in [0.15, 0.2) is 0 Å². The van der Waals surface area contributed by atoms with Gasteiger partial charge in [-0.25, -0.2) is 4.98 Å². The molecule has 0 aliphatic heterocycles. The minimum absolute atomic E-state index is 0.136. The predicted octanol–water partition coefficient (Wildman–Crippen LogP) is 2.06. The number of carbonyl (C=O) groups is 1. The molecule has 0 saturated carbocycles. The Morgan fingerprint density at radius 2 is 2.11 bits per heavy atom. The molecule has 0 bridgehead atoms. The van der Waals surface area contributed by atoms with E-state index < -0.39 is 0 Å². The maximum Gasteiger partial charge on any atom is 0.252 e. The van der Waals surface area contributed by atoms with Crippen molar-refractivity contribution in [3.63, 3.8) is 0 Å². The highest BCUT2D eigenvalue weighted by Gasteiger charge is 2.19. The zero-order valence-electron chi connectivity index (χ0n) is 12.1. The van der Waals surface area contributed by atoms with Crippen molar-refractivity contribution in [2.24, 2.45) is 0 Å². The quantitative estimate of drug-likeness (QED) is 0.792. The standard InChI is InChI=1S/C14H23N3O2/c1-5-15-12-8-7-11(9-16-12)13(18)17-10-14(3,4)19-6-2/h7-9H,5-6,10H2,1-4H3,(H,15,16)(H,17,18). The Bertz CT molecular complexity index is 402. The van der Waals surface area contributed by atoms with Gasteiger partial charge >= 0.3 is 0 Å². The Balaban J connectivity index is 2.53. The van der Waals surface area contributed by atoms with Crippen LogP contribution in [-0.4, -0.2) is 36.2 Å². The number of nitrogens with zero attached hydrogens (tertiary/aromatic N) is 1. The number of pyridine rings is 1. The first-order valence-electron chi connectivity index (χ1n) is 6.60. The summed E-state index contributed by atoms with van der Waals surface area (Å²) in [6.07, 6.45) is 1.57. The number of hydrogen-bond donors (Lipinski definition) is 2. The largest absolute Gasteiger partial charge is 0.374 e. The number of carbonyl (C=O) groups excluding carboxylic acids is 1. The van der Waals surface area contributed by atoms with Crippen LogP contribution in [0.15, 0.2) is 18.3 Å². The molecule has 0 radical (unpaired) electrons. The second-order valence-electron chi connectivity index (χ2n) is 4.84. The highest BCUT2D eigenvalue weighted by molar-refractivity contribution is 5.94. The molecule has 1 heterocycles. The minimum atomic E-state index is -0.360. The molecule has 0 spiro atoms. The summed E-state index contributed by atoms with van der Waals surface area (Å²) in [5.74, 6) is 0.636. The molecule has 0 aromatic carbocycles. The summed E-state index contributed by atoms with van der Waals surface area (Å²) < 4.78 is 5.53. The summed E-state index contributed by atoms with van der Waals surface area (Å²) >= 11 is 0. The van der Waals surface area contributed by atoms with E-state index in [9.17, 15) is 4.79 Å². The molecule has 0 aliphatic rings. The minimum Gasteiger partial charge on any atom is -0.374 e. The average molecular weight is 265 g/mol. The van der Waals surface area contributed by atoms with Gasteiger partial charge in [-0.2, -0.15) is 0 Å². The predicted molar refractivity (Wildman–Crippen MR) is 76.4 cm³/mol. The number of amides is 1. The normalized spacial score (nSPS) is 11.2. The third-order valence-electron chi connectivity index (χ3n) is 2.59. The van der Waals surface area contributed by atoms with Gasteiger partial charge in [0.25, 0.3) is 5.91 Å². The van der Waals surface area contributed by atoms with Gasteiger partial charge in [0.05, 0.1) is 11.2 Å². The fraction of sp³-hybridized carbons (Fsp3) is 0.571. The fourth-order valence-electron chi connectivity index (χ4n) is 1.65. The van der Waals surface area contributed by atoms with Gasteiger partial charge in [-0.15, -0.1) is 0 Å². The highest BCUT2D eigenvalue weighted by Crippen LogP contribution is 2.08. The number of nitrogens with one attached hydrogen (secondary N) is 2. The first kappa shape index (κ1) is 15.4. The van der Waals surface area contributed by atoms with Crippen LogP contribution in [0.1, 0.15) is 38.1 Å². The van der Waals surface area contributed by atoms with Gasteiger partial charge in [0.2, 0.25) is 0 Å². The highest BCUT2D eigenvalue weighted by atomic mass is 16.5. The molecule has 0 atom stereocenters. The molecule has 5 nitrogen and oxygen atoms in total. The van der Waals surface area contributed by atoms with E-state index in [0.717, 1.165) is 12.4 Å². The molecule has 5 heteroatoms. The van der Waals surface area contributed by atoms with E-state index in [2.05, 4.69) is 15.6 Å². The van der Waals surface area contributed by atoms with Crippen molar-refractivity contribution >= 4 is 11.7 Å². The summed E-state index contributed by atoms with van der Waals surface area (Å²) in [6.45, 7) is 9.73.